The monoisotopic (exact) mass is 347 g/mol. The van der Waals surface area contributed by atoms with Crippen LogP contribution in [0.4, 0.5) is 4.39 Å². The summed E-state index contributed by atoms with van der Waals surface area (Å²) in [6.07, 6.45) is 2.03. The molecule has 0 heterocycles. The molecule has 0 spiro atoms. The van der Waals surface area contributed by atoms with Crippen LogP contribution in [0.5, 0.6) is 0 Å². The molecule has 0 radical (unpaired) electrons. The molecule has 1 N–H and O–H groups in total. The van der Waals surface area contributed by atoms with E-state index in [1.54, 1.807) is 12.1 Å². The van der Waals surface area contributed by atoms with Crippen LogP contribution in [0.15, 0.2) is 53.0 Å². The van der Waals surface area contributed by atoms with Gasteiger partial charge in [-0.2, -0.15) is 0 Å². The number of hydrogen-bond acceptors (Lipinski definition) is 1. The van der Waals surface area contributed by atoms with Gasteiger partial charge in [-0.25, -0.2) is 4.39 Å². The van der Waals surface area contributed by atoms with Crippen molar-refractivity contribution in [2.24, 2.45) is 0 Å². The van der Waals surface area contributed by atoms with E-state index in [1.807, 2.05) is 18.2 Å². The van der Waals surface area contributed by atoms with Gasteiger partial charge < -0.3 is 5.32 Å². The van der Waals surface area contributed by atoms with Crippen molar-refractivity contribution in [1.29, 1.82) is 0 Å². The van der Waals surface area contributed by atoms with Crippen molar-refractivity contribution in [3.63, 3.8) is 0 Å². The van der Waals surface area contributed by atoms with Crippen molar-refractivity contribution in [1.82, 2.24) is 5.32 Å². The van der Waals surface area contributed by atoms with Crippen LogP contribution in [-0.4, -0.2) is 6.04 Å². The fourth-order valence-electron chi connectivity index (χ4n) is 3.04. The average Bonchev–Trinajstić information content (AvgIpc) is 2.43. The highest BCUT2D eigenvalue weighted by Gasteiger charge is 2.32. The summed E-state index contributed by atoms with van der Waals surface area (Å²) < 4.78 is 14.8. The molecular formula is C18H19BrFN. The summed E-state index contributed by atoms with van der Waals surface area (Å²) in [5, 5.41) is 3.64. The van der Waals surface area contributed by atoms with Crippen LogP contribution in [0, 0.1) is 5.82 Å². The van der Waals surface area contributed by atoms with Crippen LogP contribution >= 0.6 is 15.9 Å². The quantitative estimate of drug-likeness (QED) is 0.802. The Morgan fingerprint density at radius 3 is 2.62 bits per heavy atom. The lowest BCUT2D eigenvalue weighted by atomic mass is 9.75. The summed E-state index contributed by atoms with van der Waals surface area (Å²) >= 11 is 3.51. The Kier molecular flexibility index (Phi) is 4.41. The van der Waals surface area contributed by atoms with Gasteiger partial charge in [-0.1, -0.05) is 46.3 Å². The van der Waals surface area contributed by atoms with Crippen LogP contribution in [0.1, 0.15) is 42.9 Å². The first-order chi connectivity index (χ1) is 10.1. The van der Waals surface area contributed by atoms with Crippen LogP contribution in [0.25, 0.3) is 0 Å². The highest BCUT2D eigenvalue weighted by Crippen LogP contribution is 2.39. The molecule has 1 unspecified atom stereocenters. The van der Waals surface area contributed by atoms with Gasteiger partial charge in [0.1, 0.15) is 5.82 Å². The molecule has 0 saturated heterocycles. The fraction of sp³-hybridized carbons (Fsp3) is 0.333. The van der Waals surface area contributed by atoms with Crippen molar-refractivity contribution >= 4 is 15.9 Å². The molecule has 0 amide bonds. The molecule has 1 saturated carbocycles. The molecule has 1 atom stereocenters. The standard InChI is InChI=1S/C18H19BrFN/c1-12(13-5-4-6-15(19)9-13)21-16-10-14(11-16)17-7-2-3-8-18(17)20/h2-9,12,14,16,21H,10-11H2,1H3. The molecule has 1 nitrogen and oxygen atoms in total. The molecule has 0 aromatic heterocycles. The maximum Gasteiger partial charge on any atom is 0.126 e. The van der Waals surface area contributed by atoms with E-state index in [-0.39, 0.29) is 5.82 Å². The van der Waals surface area contributed by atoms with Gasteiger partial charge in [-0.05, 0) is 55.0 Å². The Morgan fingerprint density at radius 1 is 1.14 bits per heavy atom. The van der Waals surface area contributed by atoms with Crippen LogP contribution in [-0.2, 0) is 0 Å². The number of hydrogen-bond donors (Lipinski definition) is 1. The van der Waals surface area contributed by atoms with E-state index in [4.69, 9.17) is 0 Å². The Morgan fingerprint density at radius 2 is 1.90 bits per heavy atom. The number of benzene rings is 2. The second-order valence-electron chi connectivity index (χ2n) is 5.83. The smallest absolute Gasteiger partial charge is 0.126 e. The van der Waals surface area contributed by atoms with Gasteiger partial charge in [0.25, 0.3) is 0 Å². The lowest BCUT2D eigenvalue weighted by Gasteiger charge is -2.38. The molecule has 1 aliphatic carbocycles. The molecule has 2 aromatic carbocycles. The Labute approximate surface area is 133 Å². The molecule has 110 valence electrons. The normalized spacial score (nSPS) is 22.6. The molecule has 0 aliphatic heterocycles. The van der Waals surface area contributed by atoms with Gasteiger partial charge >= 0.3 is 0 Å². The summed E-state index contributed by atoms with van der Waals surface area (Å²) in [6, 6.07) is 16.3. The van der Waals surface area contributed by atoms with Crippen molar-refractivity contribution in [3.8, 4) is 0 Å². The summed E-state index contributed by atoms with van der Waals surface area (Å²) in [5.41, 5.74) is 2.14. The molecule has 1 fully saturated rings. The average molecular weight is 348 g/mol. The van der Waals surface area contributed by atoms with Crippen LogP contribution in [0.3, 0.4) is 0 Å². The van der Waals surface area contributed by atoms with E-state index in [2.05, 4.69) is 46.4 Å². The summed E-state index contributed by atoms with van der Waals surface area (Å²) in [4.78, 5) is 0. The third-order valence-corrected chi connectivity index (χ3v) is 4.81. The van der Waals surface area contributed by atoms with Gasteiger partial charge in [0.05, 0.1) is 0 Å². The maximum absolute atomic E-state index is 13.7. The zero-order valence-electron chi connectivity index (χ0n) is 12.0. The van der Waals surface area contributed by atoms with Crippen molar-refractivity contribution in [2.45, 2.75) is 37.8 Å². The Balaban J connectivity index is 1.56. The minimum absolute atomic E-state index is 0.0685. The summed E-state index contributed by atoms with van der Waals surface area (Å²) in [6.45, 7) is 2.18. The molecular weight excluding hydrogens is 329 g/mol. The Bertz CT molecular complexity index is 622. The van der Waals surface area contributed by atoms with E-state index in [9.17, 15) is 4.39 Å². The van der Waals surface area contributed by atoms with E-state index in [0.29, 0.717) is 18.0 Å². The van der Waals surface area contributed by atoms with Gasteiger partial charge in [0.15, 0.2) is 0 Å². The molecule has 0 bridgehead atoms. The van der Waals surface area contributed by atoms with Crippen molar-refractivity contribution in [2.75, 3.05) is 0 Å². The zero-order chi connectivity index (χ0) is 14.8. The molecule has 3 heteroatoms. The van der Waals surface area contributed by atoms with Crippen molar-refractivity contribution < 1.29 is 4.39 Å². The molecule has 21 heavy (non-hydrogen) atoms. The van der Waals surface area contributed by atoms with Gasteiger partial charge in [0.2, 0.25) is 0 Å². The van der Waals surface area contributed by atoms with Crippen LogP contribution < -0.4 is 5.32 Å². The predicted octanol–water partition coefficient (Wildman–Crippen LogP) is 5.19. The maximum atomic E-state index is 13.7. The number of rotatable bonds is 4. The molecule has 1 aliphatic rings. The molecule has 2 aromatic rings. The summed E-state index contributed by atoms with van der Waals surface area (Å²) in [5.74, 6) is 0.291. The Hall–Kier alpha value is -1.19. The van der Waals surface area contributed by atoms with Crippen molar-refractivity contribution in [3.05, 3.63) is 69.9 Å². The second-order valence-corrected chi connectivity index (χ2v) is 6.75. The lowest BCUT2D eigenvalue weighted by molar-refractivity contribution is 0.266. The third-order valence-electron chi connectivity index (χ3n) is 4.32. The fourth-order valence-corrected chi connectivity index (χ4v) is 3.46. The lowest BCUT2D eigenvalue weighted by Crippen LogP contribution is -2.41. The number of halogens is 2. The van der Waals surface area contributed by atoms with Crippen LogP contribution in [0.2, 0.25) is 0 Å². The SMILES string of the molecule is CC(NC1CC(c2ccccc2F)C1)c1cccc(Br)c1. The minimum Gasteiger partial charge on any atom is -0.307 e. The highest BCUT2D eigenvalue weighted by atomic mass is 79.9. The first-order valence-electron chi connectivity index (χ1n) is 7.39. The largest absolute Gasteiger partial charge is 0.307 e. The first-order valence-corrected chi connectivity index (χ1v) is 8.18. The topological polar surface area (TPSA) is 12.0 Å². The van der Waals surface area contributed by atoms with E-state index < -0.39 is 0 Å². The predicted molar refractivity (Wildman–Crippen MR) is 87.9 cm³/mol. The second kappa shape index (κ2) is 6.29. The summed E-state index contributed by atoms with van der Waals surface area (Å²) in [7, 11) is 0. The first kappa shape index (κ1) is 14.7. The minimum atomic E-state index is -0.0685. The van der Waals surface area contributed by atoms with E-state index >= 15 is 0 Å². The van der Waals surface area contributed by atoms with E-state index in [0.717, 1.165) is 22.9 Å². The van der Waals surface area contributed by atoms with Gasteiger partial charge in [-0.15, -0.1) is 0 Å². The van der Waals surface area contributed by atoms with E-state index in [1.165, 1.54) is 5.56 Å². The zero-order valence-corrected chi connectivity index (χ0v) is 13.6. The third kappa shape index (κ3) is 3.35. The van der Waals surface area contributed by atoms with Gasteiger partial charge in [0, 0.05) is 16.6 Å². The van der Waals surface area contributed by atoms with Gasteiger partial charge in [-0.3, -0.25) is 0 Å². The molecule has 3 rings (SSSR count). The number of nitrogens with one attached hydrogen (secondary N) is 1. The highest BCUT2D eigenvalue weighted by molar-refractivity contribution is 9.10.